The zero-order chi connectivity index (χ0) is 27.9. The molecule has 1 atom stereocenters. The average Bonchev–Trinajstić information content (AvgIpc) is 3.44. The van der Waals surface area contributed by atoms with Crippen molar-refractivity contribution in [1.82, 2.24) is 9.88 Å². The molecular weight excluding hydrogens is 488 g/mol. The number of benzene rings is 3. The molecule has 1 saturated heterocycles. The van der Waals surface area contributed by atoms with Crippen molar-refractivity contribution in [2.75, 3.05) is 13.7 Å². The molecule has 0 saturated carbocycles. The van der Waals surface area contributed by atoms with Gasteiger partial charge in [-0.1, -0.05) is 74.9 Å². The first-order valence-electron chi connectivity index (χ1n) is 13.2. The number of nitrogens with one attached hydrogen (secondary N) is 1. The summed E-state index contributed by atoms with van der Waals surface area (Å²) in [5.74, 6) is -0.678. The number of aromatic amines is 1. The summed E-state index contributed by atoms with van der Waals surface area (Å²) in [5.41, 5.74) is 5.56. The van der Waals surface area contributed by atoms with Crippen LogP contribution in [-0.4, -0.2) is 40.3 Å². The number of hydrogen-bond acceptors (Lipinski definition) is 4. The molecule has 1 aliphatic rings. The van der Waals surface area contributed by atoms with Gasteiger partial charge in [0.15, 0.2) is 0 Å². The van der Waals surface area contributed by atoms with Gasteiger partial charge in [-0.3, -0.25) is 9.59 Å². The van der Waals surface area contributed by atoms with Gasteiger partial charge in [-0.05, 0) is 53.6 Å². The lowest BCUT2D eigenvalue weighted by Gasteiger charge is -2.26. The summed E-state index contributed by atoms with van der Waals surface area (Å²) in [5, 5.41) is 12.4. The Morgan fingerprint density at radius 2 is 1.69 bits per heavy atom. The Morgan fingerprint density at radius 1 is 1.00 bits per heavy atom. The third-order valence-electron chi connectivity index (χ3n) is 7.55. The molecule has 1 aliphatic heterocycles. The Morgan fingerprint density at radius 3 is 2.33 bits per heavy atom. The normalized spacial score (nSPS) is 17.3. The van der Waals surface area contributed by atoms with Crippen molar-refractivity contribution >= 4 is 28.4 Å². The van der Waals surface area contributed by atoms with E-state index in [9.17, 15) is 14.7 Å². The largest absolute Gasteiger partial charge is 0.507 e. The van der Waals surface area contributed by atoms with Crippen LogP contribution in [0.4, 0.5) is 0 Å². The van der Waals surface area contributed by atoms with Gasteiger partial charge in [0.1, 0.15) is 11.5 Å². The monoisotopic (exact) mass is 522 g/mol. The average molecular weight is 523 g/mol. The van der Waals surface area contributed by atoms with E-state index in [1.54, 1.807) is 24.1 Å². The molecule has 1 aromatic heterocycles. The lowest BCUT2D eigenvalue weighted by atomic mass is 9.85. The van der Waals surface area contributed by atoms with Crippen LogP contribution in [0.25, 0.3) is 16.7 Å². The molecule has 0 aliphatic carbocycles. The van der Waals surface area contributed by atoms with Crippen molar-refractivity contribution in [3.63, 3.8) is 0 Å². The number of ether oxygens (including phenoxy) is 1. The molecule has 0 bridgehead atoms. The lowest BCUT2D eigenvalue weighted by molar-refractivity contribution is -0.139. The smallest absolute Gasteiger partial charge is 0.295 e. The van der Waals surface area contributed by atoms with Crippen molar-refractivity contribution in [2.24, 2.45) is 0 Å². The Bertz CT molecular complexity index is 1570. The van der Waals surface area contributed by atoms with Crippen LogP contribution < -0.4 is 4.74 Å². The zero-order valence-corrected chi connectivity index (χ0v) is 23.0. The highest BCUT2D eigenvalue weighted by Gasteiger charge is 2.46. The first-order chi connectivity index (χ1) is 18.6. The van der Waals surface area contributed by atoms with Gasteiger partial charge >= 0.3 is 0 Å². The number of aliphatic hydroxyl groups excluding tert-OH is 1. The molecule has 0 spiro atoms. The van der Waals surface area contributed by atoms with Crippen molar-refractivity contribution in [2.45, 2.75) is 45.6 Å². The van der Waals surface area contributed by atoms with Gasteiger partial charge < -0.3 is 19.7 Å². The minimum atomic E-state index is -0.694. The number of likely N-dealkylation sites (tertiary alicyclic amines) is 1. The van der Waals surface area contributed by atoms with Gasteiger partial charge in [0.2, 0.25) is 0 Å². The zero-order valence-electron chi connectivity index (χ0n) is 23.0. The quantitative estimate of drug-likeness (QED) is 0.173. The predicted molar refractivity (Wildman–Crippen MR) is 154 cm³/mol. The van der Waals surface area contributed by atoms with E-state index in [4.69, 9.17) is 4.74 Å². The first-order valence-corrected chi connectivity index (χ1v) is 13.2. The minimum absolute atomic E-state index is 0.0430. The maximum Gasteiger partial charge on any atom is 0.295 e. The van der Waals surface area contributed by atoms with E-state index in [2.05, 4.69) is 25.8 Å². The Hall–Kier alpha value is -4.32. The van der Waals surface area contributed by atoms with Crippen LogP contribution in [0.2, 0.25) is 0 Å². The van der Waals surface area contributed by atoms with Crippen LogP contribution >= 0.6 is 0 Å². The van der Waals surface area contributed by atoms with E-state index < -0.39 is 17.7 Å². The molecule has 5 rings (SSSR count). The van der Waals surface area contributed by atoms with Gasteiger partial charge in [-0.2, -0.15) is 0 Å². The molecular formula is C33H34N2O4. The first kappa shape index (κ1) is 26.3. The van der Waals surface area contributed by atoms with Crippen LogP contribution in [-0.2, 0) is 21.4 Å². The molecule has 1 amide bonds. The van der Waals surface area contributed by atoms with Crippen molar-refractivity contribution < 1.29 is 19.4 Å². The second-order valence-corrected chi connectivity index (χ2v) is 11.2. The number of hydrogen-bond donors (Lipinski definition) is 2. The number of carbonyl (C=O) groups excluding carboxylic acids is 2. The predicted octanol–water partition coefficient (Wildman–Crippen LogP) is 6.45. The van der Waals surface area contributed by atoms with Gasteiger partial charge in [-0.25, -0.2) is 0 Å². The summed E-state index contributed by atoms with van der Waals surface area (Å²) in [7, 11) is 1.63. The standard InChI is InChI=1S/C33H34N2O4/c1-20-6-8-22(9-7-20)30(36)28-29(21-10-12-24(13-11-21)33(2,3)4)35(32(38)31(28)37)17-16-23-19-34-27-15-14-25(39-5)18-26(23)27/h6-15,18-19,29,34,36H,16-17H2,1-5H3/t29-/m0/s1. The van der Waals surface area contributed by atoms with E-state index >= 15 is 0 Å². The van der Waals surface area contributed by atoms with Gasteiger partial charge in [0.05, 0.1) is 18.7 Å². The Balaban J connectivity index is 1.56. The number of rotatable bonds is 6. The molecule has 6 heteroatoms. The SMILES string of the molecule is COc1ccc2[nH]cc(CCN3C(=O)C(=O)C(=C(O)c4ccc(C)cc4)[C@@H]3c3ccc(C(C)(C)C)cc3)c2c1. The van der Waals surface area contributed by atoms with Gasteiger partial charge in [0, 0.05) is 29.2 Å². The third-order valence-corrected chi connectivity index (χ3v) is 7.55. The number of carbonyl (C=O) groups is 2. The van der Waals surface area contributed by atoms with Gasteiger partial charge in [-0.15, -0.1) is 0 Å². The number of fused-ring (bicyclic) bond motifs is 1. The number of aryl methyl sites for hydroxylation is 1. The maximum atomic E-state index is 13.4. The third kappa shape index (κ3) is 4.94. The second-order valence-electron chi connectivity index (χ2n) is 11.2. The molecule has 1 fully saturated rings. The lowest BCUT2D eigenvalue weighted by Crippen LogP contribution is -2.31. The van der Waals surface area contributed by atoms with Crippen LogP contribution in [0.15, 0.2) is 78.5 Å². The topological polar surface area (TPSA) is 82.6 Å². The summed E-state index contributed by atoms with van der Waals surface area (Å²) in [6.45, 7) is 8.69. The number of aromatic nitrogens is 1. The van der Waals surface area contributed by atoms with Crippen LogP contribution in [0, 0.1) is 6.92 Å². The highest BCUT2D eigenvalue weighted by atomic mass is 16.5. The highest BCUT2D eigenvalue weighted by molar-refractivity contribution is 6.46. The molecule has 6 nitrogen and oxygen atoms in total. The molecule has 0 radical (unpaired) electrons. The van der Waals surface area contributed by atoms with E-state index in [-0.39, 0.29) is 16.7 Å². The van der Waals surface area contributed by atoms with Crippen molar-refractivity contribution in [1.29, 1.82) is 0 Å². The number of Topliss-reactive ketones (excluding diaryl/α,β-unsaturated/α-hetero) is 1. The highest BCUT2D eigenvalue weighted by Crippen LogP contribution is 2.40. The molecule has 4 aromatic rings. The van der Waals surface area contributed by atoms with E-state index in [1.165, 1.54) is 0 Å². The summed E-state index contributed by atoms with van der Waals surface area (Å²) in [6.07, 6.45) is 2.46. The minimum Gasteiger partial charge on any atom is -0.507 e. The Labute approximate surface area is 228 Å². The molecule has 200 valence electrons. The number of nitrogens with zero attached hydrogens (tertiary/aromatic N) is 1. The number of amides is 1. The fraction of sp³-hybridized carbons (Fsp3) is 0.273. The fourth-order valence-corrected chi connectivity index (χ4v) is 5.22. The van der Waals surface area contributed by atoms with Crippen molar-refractivity contribution in [3.05, 3.63) is 106 Å². The molecule has 2 N–H and O–H groups in total. The number of aliphatic hydroxyl groups is 1. The fourth-order valence-electron chi connectivity index (χ4n) is 5.22. The van der Waals surface area contributed by atoms with Crippen molar-refractivity contribution in [3.8, 4) is 5.75 Å². The molecule has 3 aromatic carbocycles. The summed E-state index contributed by atoms with van der Waals surface area (Å²) in [4.78, 5) is 31.7. The van der Waals surface area contributed by atoms with E-state index in [0.717, 1.165) is 38.9 Å². The van der Waals surface area contributed by atoms with Crippen LogP contribution in [0.3, 0.4) is 0 Å². The molecule has 39 heavy (non-hydrogen) atoms. The molecule has 2 heterocycles. The summed E-state index contributed by atoms with van der Waals surface area (Å²) < 4.78 is 5.40. The Kier molecular flexibility index (Phi) is 6.81. The number of ketones is 1. The van der Waals surface area contributed by atoms with Crippen LogP contribution in [0.5, 0.6) is 5.75 Å². The molecule has 0 unspecified atom stereocenters. The second kappa shape index (κ2) is 10.1. The van der Waals surface area contributed by atoms with E-state index in [1.807, 2.05) is 67.7 Å². The summed E-state index contributed by atoms with van der Waals surface area (Å²) in [6, 6.07) is 20.4. The summed E-state index contributed by atoms with van der Waals surface area (Å²) >= 11 is 0. The van der Waals surface area contributed by atoms with E-state index in [0.29, 0.717) is 18.5 Å². The number of methoxy groups -OCH3 is 1. The number of H-pyrrole nitrogens is 1. The van der Waals surface area contributed by atoms with Gasteiger partial charge in [0.25, 0.3) is 11.7 Å². The maximum absolute atomic E-state index is 13.4. The van der Waals surface area contributed by atoms with Crippen LogP contribution in [0.1, 0.15) is 54.6 Å².